The van der Waals surface area contributed by atoms with Crippen LogP contribution in [0.3, 0.4) is 0 Å². The lowest BCUT2D eigenvalue weighted by molar-refractivity contribution is 0.223. The lowest BCUT2D eigenvalue weighted by atomic mass is 10.1. The summed E-state index contributed by atoms with van der Waals surface area (Å²) in [5.74, 6) is 0. The average molecular weight is 383 g/mol. The SMILES string of the molecule is OC(c1cc(Cl)cc(Br)c1)c1sccc1Br. The van der Waals surface area contributed by atoms with Gasteiger partial charge in [0.1, 0.15) is 6.10 Å². The number of thiophene rings is 1. The van der Waals surface area contributed by atoms with E-state index in [2.05, 4.69) is 31.9 Å². The molecule has 2 rings (SSSR count). The zero-order valence-corrected chi connectivity index (χ0v) is 12.7. The summed E-state index contributed by atoms with van der Waals surface area (Å²) in [6, 6.07) is 7.34. The molecule has 0 aliphatic carbocycles. The maximum Gasteiger partial charge on any atom is 0.114 e. The van der Waals surface area contributed by atoms with Gasteiger partial charge in [-0.25, -0.2) is 0 Å². The van der Waals surface area contributed by atoms with Gasteiger partial charge in [0.15, 0.2) is 0 Å². The van der Waals surface area contributed by atoms with Crippen LogP contribution in [0.1, 0.15) is 16.5 Å². The summed E-state index contributed by atoms with van der Waals surface area (Å²) >= 11 is 14.2. The van der Waals surface area contributed by atoms with E-state index in [1.807, 2.05) is 17.5 Å². The third kappa shape index (κ3) is 2.68. The first-order valence-corrected chi connectivity index (χ1v) is 7.29. The number of rotatable bonds is 2. The zero-order chi connectivity index (χ0) is 11.7. The molecule has 2 aromatic rings. The van der Waals surface area contributed by atoms with Crippen LogP contribution in [0.15, 0.2) is 38.6 Å². The van der Waals surface area contributed by atoms with Gasteiger partial charge >= 0.3 is 0 Å². The van der Waals surface area contributed by atoms with Crippen LogP contribution in [0, 0.1) is 0 Å². The Morgan fingerprint density at radius 3 is 2.56 bits per heavy atom. The number of hydrogen-bond acceptors (Lipinski definition) is 2. The lowest BCUT2D eigenvalue weighted by Gasteiger charge is -2.11. The van der Waals surface area contributed by atoms with Crippen molar-refractivity contribution in [2.75, 3.05) is 0 Å². The molecule has 16 heavy (non-hydrogen) atoms. The molecule has 0 saturated carbocycles. The van der Waals surface area contributed by atoms with Crippen LogP contribution in [-0.2, 0) is 0 Å². The minimum Gasteiger partial charge on any atom is -0.383 e. The fourth-order valence-electron chi connectivity index (χ4n) is 1.38. The number of benzene rings is 1. The molecule has 1 nitrogen and oxygen atoms in total. The van der Waals surface area contributed by atoms with Crippen molar-refractivity contribution in [1.29, 1.82) is 0 Å². The van der Waals surface area contributed by atoms with Crippen LogP contribution >= 0.6 is 54.8 Å². The summed E-state index contributed by atoms with van der Waals surface area (Å²) in [6.45, 7) is 0. The second kappa shape index (κ2) is 5.19. The van der Waals surface area contributed by atoms with Gasteiger partial charge in [-0.2, -0.15) is 0 Å². The summed E-state index contributed by atoms with van der Waals surface area (Å²) in [6.07, 6.45) is -0.649. The molecule has 0 amide bonds. The van der Waals surface area contributed by atoms with Crippen molar-refractivity contribution in [1.82, 2.24) is 0 Å². The molecule has 0 spiro atoms. The van der Waals surface area contributed by atoms with Crippen LogP contribution in [0.25, 0.3) is 0 Å². The van der Waals surface area contributed by atoms with E-state index >= 15 is 0 Å². The van der Waals surface area contributed by atoms with Crippen molar-refractivity contribution in [3.63, 3.8) is 0 Å². The largest absolute Gasteiger partial charge is 0.383 e. The van der Waals surface area contributed by atoms with Gasteiger partial charge in [0.25, 0.3) is 0 Å². The normalized spacial score (nSPS) is 12.8. The molecule has 1 heterocycles. The molecule has 0 aliphatic rings. The highest BCUT2D eigenvalue weighted by Crippen LogP contribution is 2.34. The topological polar surface area (TPSA) is 20.2 Å². The number of halogens is 3. The predicted octanol–water partition coefficient (Wildman–Crippen LogP) is 5.01. The molecule has 0 aliphatic heterocycles. The summed E-state index contributed by atoms with van der Waals surface area (Å²) in [5, 5.41) is 12.8. The van der Waals surface area contributed by atoms with E-state index in [1.165, 1.54) is 11.3 Å². The minimum atomic E-state index is -0.649. The molecular formula is C11H7Br2ClOS. The molecule has 0 saturated heterocycles. The molecular weight excluding hydrogens is 375 g/mol. The van der Waals surface area contributed by atoms with Crippen LogP contribution in [0.4, 0.5) is 0 Å². The molecule has 1 aromatic carbocycles. The molecule has 1 aromatic heterocycles. The highest BCUT2D eigenvalue weighted by atomic mass is 79.9. The Morgan fingerprint density at radius 2 is 2.00 bits per heavy atom. The molecule has 1 atom stereocenters. The minimum absolute atomic E-state index is 0.608. The first kappa shape index (κ1) is 12.6. The molecule has 1 unspecified atom stereocenters. The monoisotopic (exact) mass is 380 g/mol. The molecule has 0 fully saturated rings. The van der Waals surface area contributed by atoms with Crippen LogP contribution in [0.2, 0.25) is 5.02 Å². The first-order chi connectivity index (χ1) is 7.58. The average Bonchev–Trinajstić information content (AvgIpc) is 2.62. The van der Waals surface area contributed by atoms with E-state index in [0.717, 1.165) is 19.4 Å². The lowest BCUT2D eigenvalue weighted by Crippen LogP contribution is -1.97. The quantitative estimate of drug-likeness (QED) is 0.774. The van der Waals surface area contributed by atoms with Crippen molar-refractivity contribution >= 4 is 54.8 Å². The summed E-state index contributed by atoms with van der Waals surface area (Å²) in [7, 11) is 0. The van der Waals surface area contributed by atoms with Crippen molar-refractivity contribution in [3.8, 4) is 0 Å². The van der Waals surface area contributed by atoms with E-state index in [4.69, 9.17) is 11.6 Å². The first-order valence-electron chi connectivity index (χ1n) is 4.45. The van der Waals surface area contributed by atoms with E-state index in [0.29, 0.717) is 5.02 Å². The van der Waals surface area contributed by atoms with E-state index in [-0.39, 0.29) is 0 Å². The van der Waals surface area contributed by atoms with Crippen LogP contribution in [-0.4, -0.2) is 5.11 Å². The van der Waals surface area contributed by atoms with Gasteiger partial charge in [0.2, 0.25) is 0 Å². The number of hydrogen-bond donors (Lipinski definition) is 1. The van der Waals surface area contributed by atoms with Gasteiger partial charge in [0, 0.05) is 14.0 Å². The van der Waals surface area contributed by atoms with Gasteiger partial charge in [-0.15, -0.1) is 11.3 Å². The number of aliphatic hydroxyl groups is 1. The Morgan fingerprint density at radius 1 is 1.25 bits per heavy atom. The molecule has 5 heteroatoms. The summed E-state index contributed by atoms with van der Waals surface area (Å²) < 4.78 is 1.78. The van der Waals surface area contributed by atoms with Crippen LogP contribution < -0.4 is 0 Å². The highest BCUT2D eigenvalue weighted by Gasteiger charge is 2.15. The molecule has 0 radical (unpaired) electrons. The second-order valence-electron chi connectivity index (χ2n) is 3.24. The molecule has 0 bridgehead atoms. The van der Waals surface area contributed by atoms with E-state index in [1.54, 1.807) is 12.1 Å². The molecule has 1 N–H and O–H groups in total. The summed E-state index contributed by atoms with van der Waals surface area (Å²) in [5.41, 5.74) is 0.780. The van der Waals surface area contributed by atoms with Crippen molar-refractivity contribution < 1.29 is 5.11 Å². The van der Waals surface area contributed by atoms with Gasteiger partial charge in [-0.3, -0.25) is 0 Å². The highest BCUT2D eigenvalue weighted by molar-refractivity contribution is 9.10. The standard InChI is InChI=1S/C11H7Br2ClOS/c12-7-3-6(4-8(14)5-7)10(15)11-9(13)1-2-16-11/h1-5,10,15H. The van der Waals surface area contributed by atoms with Crippen molar-refractivity contribution in [3.05, 3.63) is 54.1 Å². The molecule has 84 valence electrons. The van der Waals surface area contributed by atoms with Crippen molar-refractivity contribution in [2.24, 2.45) is 0 Å². The second-order valence-corrected chi connectivity index (χ2v) is 6.39. The van der Waals surface area contributed by atoms with Gasteiger partial charge in [-0.1, -0.05) is 27.5 Å². The maximum absolute atomic E-state index is 10.2. The summed E-state index contributed by atoms with van der Waals surface area (Å²) in [4.78, 5) is 0.883. The van der Waals surface area contributed by atoms with Crippen molar-refractivity contribution in [2.45, 2.75) is 6.10 Å². The van der Waals surface area contributed by atoms with E-state index < -0.39 is 6.10 Å². The Labute approximate surface area is 119 Å². The van der Waals surface area contributed by atoms with Gasteiger partial charge in [0.05, 0.1) is 4.88 Å². The van der Waals surface area contributed by atoms with Crippen LogP contribution in [0.5, 0.6) is 0 Å². The maximum atomic E-state index is 10.2. The fourth-order valence-corrected chi connectivity index (χ4v) is 3.87. The Balaban J connectivity index is 2.41. The zero-order valence-electron chi connectivity index (χ0n) is 7.95. The smallest absolute Gasteiger partial charge is 0.114 e. The fraction of sp³-hybridized carbons (Fsp3) is 0.0909. The predicted molar refractivity (Wildman–Crippen MR) is 75.2 cm³/mol. The van der Waals surface area contributed by atoms with Gasteiger partial charge < -0.3 is 5.11 Å². The third-order valence-electron chi connectivity index (χ3n) is 2.09. The van der Waals surface area contributed by atoms with E-state index in [9.17, 15) is 5.11 Å². The third-order valence-corrected chi connectivity index (χ3v) is 4.69. The number of aliphatic hydroxyl groups excluding tert-OH is 1. The van der Waals surface area contributed by atoms with Gasteiger partial charge in [-0.05, 0) is 51.1 Å². The Bertz CT molecular complexity index is 492. The Hall–Kier alpha value is 0.130. The Kier molecular flexibility index (Phi) is 4.08.